The third-order valence-corrected chi connectivity index (χ3v) is 7.64. The average molecular weight is 653 g/mol. The second-order valence-corrected chi connectivity index (χ2v) is 10.6. The van der Waals surface area contributed by atoms with Crippen molar-refractivity contribution in [3.05, 3.63) is 91.5 Å². The Morgan fingerprint density at radius 3 is 2.68 bits per heavy atom. The molecule has 0 radical (unpaired) electrons. The molecule has 3 aromatic rings. The van der Waals surface area contributed by atoms with E-state index >= 15 is 0 Å². The molecule has 0 unspecified atom stereocenters. The van der Waals surface area contributed by atoms with Crippen LogP contribution in [0.2, 0.25) is 0 Å². The molecule has 4 rings (SSSR count). The maximum atomic E-state index is 13.7. The van der Waals surface area contributed by atoms with Crippen molar-refractivity contribution in [1.29, 1.82) is 0 Å². The predicted molar refractivity (Wildman–Crippen MR) is 144 cm³/mol. The van der Waals surface area contributed by atoms with Crippen molar-refractivity contribution in [2.45, 2.75) is 19.9 Å². The molecule has 1 aromatic heterocycles. The molecule has 0 fully saturated rings. The number of nitrogens with zero attached hydrogens (tertiary/aromatic N) is 3. The number of hydrogen-bond acceptors (Lipinski definition) is 9. The summed E-state index contributed by atoms with van der Waals surface area (Å²) in [5.74, 6) is -0.602. The third kappa shape index (κ3) is 4.98. The number of aromatic hydroxyl groups is 1. The zero-order valence-electron chi connectivity index (χ0n) is 19.7. The molecule has 0 saturated carbocycles. The molecule has 37 heavy (non-hydrogen) atoms. The van der Waals surface area contributed by atoms with Crippen LogP contribution in [0.5, 0.6) is 11.5 Å². The van der Waals surface area contributed by atoms with E-state index in [0.717, 1.165) is 11.3 Å². The van der Waals surface area contributed by atoms with E-state index < -0.39 is 33.9 Å². The average Bonchev–Trinajstić information content (AvgIpc) is 3.14. The lowest BCUT2D eigenvalue weighted by Crippen LogP contribution is -2.40. The molecule has 10 nitrogen and oxygen atoms in total. The molecule has 192 valence electrons. The smallest absolute Gasteiger partial charge is 0.338 e. The van der Waals surface area contributed by atoms with Crippen molar-refractivity contribution in [2.24, 2.45) is 4.99 Å². The number of hydrogen-bond donors (Lipinski definition) is 1. The normalized spacial score (nSPS) is 15.3. The fraction of sp³-hybridized carbons (Fsp3) is 0.208. The third-order valence-electron chi connectivity index (χ3n) is 5.58. The van der Waals surface area contributed by atoms with Crippen molar-refractivity contribution < 1.29 is 24.3 Å². The number of carbonyl (C=O) groups excluding carboxylic acids is 1. The first-order chi connectivity index (χ1) is 17.6. The van der Waals surface area contributed by atoms with E-state index in [0.29, 0.717) is 30.8 Å². The second kappa shape index (κ2) is 10.6. The maximum Gasteiger partial charge on any atom is 0.338 e. The Kier molecular flexibility index (Phi) is 7.67. The number of phenols is 1. The van der Waals surface area contributed by atoms with E-state index in [2.05, 4.69) is 36.9 Å². The van der Waals surface area contributed by atoms with Gasteiger partial charge in [0.2, 0.25) is 5.75 Å². The van der Waals surface area contributed by atoms with Crippen LogP contribution in [-0.2, 0) is 9.53 Å². The molecule has 1 N–H and O–H groups in total. The number of carbonyl (C=O) groups is 1. The fourth-order valence-electron chi connectivity index (χ4n) is 3.96. The van der Waals surface area contributed by atoms with Crippen molar-refractivity contribution in [2.75, 3.05) is 13.7 Å². The number of rotatable bonds is 6. The number of phenolic OH excluding ortho intramolecular Hbond substituents is 1. The van der Waals surface area contributed by atoms with Gasteiger partial charge in [-0.2, -0.15) is 0 Å². The molecule has 2 heterocycles. The van der Waals surface area contributed by atoms with Crippen molar-refractivity contribution in [1.82, 2.24) is 4.57 Å². The van der Waals surface area contributed by atoms with Gasteiger partial charge in [0.05, 0.1) is 45.0 Å². The number of ether oxygens (including phenoxy) is 2. The first-order valence-corrected chi connectivity index (χ1v) is 13.2. The maximum absolute atomic E-state index is 13.7. The fourth-order valence-corrected chi connectivity index (χ4v) is 6.01. The lowest BCUT2D eigenvalue weighted by Gasteiger charge is -2.25. The second-order valence-electron chi connectivity index (χ2n) is 7.82. The monoisotopic (exact) mass is 651 g/mol. The first kappa shape index (κ1) is 26.8. The Labute approximate surface area is 230 Å². The molecule has 1 atom stereocenters. The summed E-state index contributed by atoms with van der Waals surface area (Å²) in [7, 11) is 1.53. The predicted octanol–water partition coefficient (Wildman–Crippen LogP) is 3.95. The van der Waals surface area contributed by atoms with Gasteiger partial charge in [-0.1, -0.05) is 33.3 Å². The first-order valence-electron chi connectivity index (χ1n) is 10.8. The van der Waals surface area contributed by atoms with E-state index in [-0.39, 0.29) is 22.3 Å². The van der Waals surface area contributed by atoms with Crippen LogP contribution in [0.4, 0.5) is 5.69 Å². The lowest BCUT2D eigenvalue weighted by atomic mass is 9.96. The highest BCUT2D eigenvalue weighted by atomic mass is 79.9. The van der Waals surface area contributed by atoms with E-state index in [1.165, 1.54) is 29.9 Å². The summed E-state index contributed by atoms with van der Waals surface area (Å²) in [6.45, 7) is 3.49. The summed E-state index contributed by atoms with van der Waals surface area (Å²) < 4.78 is 13.1. The number of esters is 1. The van der Waals surface area contributed by atoms with Gasteiger partial charge in [-0.15, -0.1) is 0 Å². The number of allylic oxidation sites excluding steroid dienone is 1. The molecule has 1 aliphatic heterocycles. The van der Waals surface area contributed by atoms with E-state index in [4.69, 9.17) is 9.47 Å². The molecular formula is C24H19Br2N3O7S. The van der Waals surface area contributed by atoms with E-state index in [9.17, 15) is 24.8 Å². The van der Waals surface area contributed by atoms with Gasteiger partial charge in [-0.25, -0.2) is 9.79 Å². The van der Waals surface area contributed by atoms with Gasteiger partial charge in [0.25, 0.3) is 5.56 Å². The highest BCUT2D eigenvalue weighted by Crippen LogP contribution is 2.36. The zero-order valence-corrected chi connectivity index (χ0v) is 23.6. The number of fused-ring (bicyclic) bond motifs is 1. The number of methoxy groups -OCH3 is 1. The van der Waals surface area contributed by atoms with Gasteiger partial charge in [-0.3, -0.25) is 19.5 Å². The SMILES string of the molecule is CCOC(=O)C1=C(C)N=c2s/c(=C/c3cc(Br)cc([N+](=O)[O-])c3O)c(=O)n2[C@H]1c1ccc(OC)c(Br)c1. The lowest BCUT2D eigenvalue weighted by molar-refractivity contribution is -0.385. The van der Waals surface area contributed by atoms with Crippen molar-refractivity contribution >= 4 is 60.9 Å². The topological polar surface area (TPSA) is 133 Å². The molecule has 1 aliphatic rings. The Balaban J connectivity index is 1.99. The number of benzene rings is 2. The van der Waals surface area contributed by atoms with Crippen LogP contribution in [-0.4, -0.2) is 34.3 Å². The van der Waals surface area contributed by atoms with Crippen LogP contribution in [0.3, 0.4) is 0 Å². The van der Waals surface area contributed by atoms with Gasteiger partial charge in [-0.05, 0) is 59.6 Å². The summed E-state index contributed by atoms with van der Waals surface area (Å²) >= 11 is 7.70. The van der Waals surface area contributed by atoms with Crippen LogP contribution >= 0.6 is 43.2 Å². The number of nitro benzene ring substituents is 1. The molecule has 0 amide bonds. The minimum absolute atomic E-state index is 0.0800. The van der Waals surface area contributed by atoms with E-state index in [1.807, 2.05) is 0 Å². The molecular weight excluding hydrogens is 634 g/mol. The van der Waals surface area contributed by atoms with Gasteiger partial charge >= 0.3 is 11.7 Å². The Morgan fingerprint density at radius 1 is 1.32 bits per heavy atom. The van der Waals surface area contributed by atoms with Crippen molar-refractivity contribution in [3.8, 4) is 11.5 Å². The number of thiazole rings is 1. The summed E-state index contributed by atoms with van der Waals surface area (Å²) in [5, 5.41) is 21.8. The molecule has 0 spiro atoms. The van der Waals surface area contributed by atoms with Crippen molar-refractivity contribution in [3.63, 3.8) is 0 Å². The summed E-state index contributed by atoms with van der Waals surface area (Å²) in [4.78, 5) is 42.1. The molecule has 2 aromatic carbocycles. The molecule has 13 heteroatoms. The summed E-state index contributed by atoms with van der Waals surface area (Å²) in [5.41, 5.74) is 0.296. The highest BCUT2D eigenvalue weighted by Gasteiger charge is 2.33. The summed E-state index contributed by atoms with van der Waals surface area (Å²) in [6.07, 6.45) is 1.36. The number of halogens is 2. The minimum atomic E-state index is -0.856. The van der Waals surface area contributed by atoms with Crippen LogP contribution in [0, 0.1) is 10.1 Å². The van der Waals surface area contributed by atoms with Gasteiger partial charge in [0.15, 0.2) is 4.80 Å². The Morgan fingerprint density at radius 2 is 2.05 bits per heavy atom. The van der Waals surface area contributed by atoms with E-state index in [1.54, 1.807) is 32.0 Å². The number of nitro groups is 1. The van der Waals surface area contributed by atoms with Gasteiger partial charge < -0.3 is 14.6 Å². The Bertz CT molecular complexity index is 1660. The highest BCUT2D eigenvalue weighted by molar-refractivity contribution is 9.10. The van der Waals surface area contributed by atoms with Gasteiger partial charge in [0.1, 0.15) is 5.75 Å². The van der Waals surface area contributed by atoms with Crippen LogP contribution in [0.1, 0.15) is 31.0 Å². The zero-order chi connectivity index (χ0) is 27.0. The summed E-state index contributed by atoms with van der Waals surface area (Å²) in [6, 6.07) is 6.99. The van der Waals surface area contributed by atoms with Crippen LogP contribution in [0.15, 0.2) is 60.3 Å². The Hall–Kier alpha value is -3.29. The largest absolute Gasteiger partial charge is 0.502 e. The van der Waals surface area contributed by atoms with Crippen LogP contribution in [0.25, 0.3) is 6.08 Å². The molecule has 0 aliphatic carbocycles. The minimum Gasteiger partial charge on any atom is -0.502 e. The standard InChI is InChI=1S/C24H19Br2N3O7S/c1-4-36-23(32)19-11(2)27-24-28(20(19)12-5-6-17(35-3)15(26)8-12)22(31)18(37-24)9-13-7-14(25)10-16(21(13)30)29(33)34/h5-10,20,30H,4H2,1-3H3/b18-9+/t20-/m0/s1. The van der Waals surface area contributed by atoms with Gasteiger partial charge in [0, 0.05) is 16.1 Å². The number of aromatic nitrogens is 1. The molecule has 0 bridgehead atoms. The molecule has 0 saturated heterocycles. The quantitative estimate of drug-likeness (QED) is 0.242. The van der Waals surface area contributed by atoms with Crippen LogP contribution < -0.4 is 19.6 Å².